The second-order valence-electron chi connectivity index (χ2n) is 8.42. The Morgan fingerprint density at radius 1 is 1.23 bits per heavy atom. The Hall–Kier alpha value is -3.14. The fourth-order valence-corrected chi connectivity index (χ4v) is 3.39. The number of carbonyl (C=O) groups is 3. The molecule has 0 radical (unpaired) electrons. The van der Waals surface area contributed by atoms with Crippen LogP contribution in [0.3, 0.4) is 0 Å². The molecule has 31 heavy (non-hydrogen) atoms. The number of carboxylic acids is 1. The summed E-state index contributed by atoms with van der Waals surface area (Å²) >= 11 is 0. The first-order valence-corrected chi connectivity index (χ1v) is 10.1. The van der Waals surface area contributed by atoms with Crippen LogP contribution in [0.15, 0.2) is 12.1 Å². The molecule has 1 fully saturated rings. The van der Waals surface area contributed by atoms with Crippen LogP contribution in [0.4, 0.5) is 10.5 Å². The van der Waals surface area contributed by atoms with Crippen LogP contribution in [-0.4, -0.2) is 71.1 Å². The van der Waals surface area contributed by atoms with Crippen molar-refractivity contribution in [1.82, 2.24) is 14.9 Å². The normalized spacial score (nSPS) is 14.5. The third kappa shape index (κ3) is 5.52. The van der Waals surface area contributed by atoms with Crippen LogP contribution in [0.2, 0.25) is 0 Å². The molecule has 2 N–H and O–H groups in total. The van der Waals surface area contributed by atoms with Gasteiger partial charge in [0.2, 0.25) is 5.91 Å². The average Bonchev–Trinajstić information content (AvgIpc) is 3.04. The van der Waals surface area contributed by atoms with E-state index in [2.05, 4.69) is 15.2 Å². The molecule has 1 aliphatic rings. The van der Waals surface area contributed by atoms with Crippen molar-refractivity contribution in [2.24, 2.45) is 0 Å². The van der Waals surface area contributed by atoms with E-state index in [1.54, 1.807) is 20.8 Å². The molecule has 1 aromatic carbocycles. The molecule has 0 spiro atoms. The van der Waals surface area contributed by atoms with Crippen LogP contribution in [0.1, 0.15) is 32.2 Å². The quantitative estimate of drug-likeness (QED) is 0.732. The molecule has 10 nitrogen and oxygen atoms in total. The number of nitrogens with one attached hydrogen (secondary N) is 1. The average molecular weight is 432 g/mol. The molecule has 2 heterocycles. The molecule has 0 unspecified atom stereocenters. The number of amides is 1. The van der Waals surface area contributed by atoms with Gasteiger partial charge in [0.05, 0.1) is 30.7 Å². The second-order valence-corrected chi connectivity index (χ2v) is 8.42. The van der Waals surface area contributed by atoms with E-state index in [1.807, 2.05) is 19.1 Å². The molecule has 2 aromatic rings. The van der Waals surface area contributed by atoms with E-state index in [0.717, 1.165) is 24.3 Å². The first kappa shape index (κ1) is 22.5. The smallest absolute Gasteiger partial charge is 0.420 e. The summed E-state index contributed by atoms with van der Waals surface area (Å²) in [5, 5.41) is 11.1. The van der Waals surface area contributed by atoms with Crippen molar-refractivity contribution in [3.8, 4) is 0 Å². The highest BCUT2D eigenvalue weighted by Crippen LogP contribution is 2.28. The van der Waals surface area contributed by atoms with Crippen molar-refractivity contribution in [2.45, 2.75) is 39.7 Å². The lowest BCUT2D eigenvalue weighted by Gasteiger charge is -2.29. The summed E-state index contributed by atoms with van der Waals surface area (Å²) in [6, 6.07) is 3.86. The minimum atomic E-state index is -1.15. The number of carbonyl (C=O) groups excluding carboxylic acids is 2. The van der Waals surface area contributed by atoms with Crippen molar-refractivity contribution in [3.63, 3.8) is 0 Å². The number of morpholine rings is 1. The zero-order chi connectivity index (χ0) is 22.8. The van der Waals surface area contributed by atoms with Gasteiger partial charge in [0, 0.05) is 18.8 Å². The molecule has 1 saturated heterocycles. The number of hydrogen-bond acceptors (Lipinski definition) is 7. The Kier molecular flexibility index (Phi) is 6.49. The summed E-state index contributed by atoms with van der Waals surface area (Å²) in [5.74, 6) is -1.51. The van der Waals surface area contributed by atoms with E-state index in [0.29, 0.717) is 24.2 Å². The largest absolute Gasteiger partial charge is 0.480 e. The SMILES string of the molecule is Cc1cc(N2CCOCC2)cc2c1nc(CC(=O)NCC(=O)O)n2C(=O)OC(C)(C)C. The van der Waals surface area contributed by atoms with Crippen molar-refractivity contribution in [3.05, 3.63) is 23.5 Å². The van der Waals surface area contributed by atoms with Crippen molar-refractivity contribution in [1.29, 1.82) is 0 Å². The second kappa shape index (κ2) is 8.93. The van der Waals surface area contributed by atoms with Crippen LogP contribution in [0, 0.1) is 6.92 Å². The van der Waals surface area contributed by atoms with Gasteiger partial charge in [0.25, 0.3) is 0 Å². The molecular weight excluding hydrogens is 404 g/mol. The zero-order valence-corrected chi connectivity index (χ0v) is 18.2. The lowest BCUT2D eigenvalue weighted by Crippen LogP contribution is -2.36. The van der Waals surface area contributed by atoms with Gasteiger partial charge in [-0.25, -0.2) is 14.3 Å². The fraction of sp³-hybridized carbons (Fsp3) is 0.524. The standard InChI is InChI=1S/C21H28N4O6/c1-13-9-14(24-5-7-30-8-6-24)10-15-19(13)23-16(11-17(26)22-12-18(27)28)25(15)20(29)31-21(2,3)4/h9-10H,5-8,11-12H2,1-4H3,(H,22,26)(H,27,28). The van der Waals surface area contributed by atoms with Crippen LogP contribution in [0.25, 0.3) is 11.0 Å². The Morgan fingerprint density at radius 3 is 2.52 bits per heavy atom. The van der Waals surface area contributed by atoms with E-state index in [-0.39, 0.29) is 12.2 Å². The van der Waals surface area contributed by atoms with Gasteiger partial charge in [-0.3, -0.25) is 9.59 Å². The summed E-state index contributed by atoms with van der Waals surface area (Å²) in [4.78, 5) is 42.7. The number of aliphatic carboxylic acids is 1. The number of anilines is 1. The van der Waals surface area contributed by atoms with Gasteiger partial charge in [-0.15, -0.1) is 0 Å². The van der Waals surface area contributed by atoms with Crippen LogP contribution < -0.4 is 10.2 Å². The number of benzene rings is 1. The predicted molar refractivity (Wildman–Crippen MR) is 113 cm³/mol. The highest BCUT2D eigenvalue weighted by molar-refractivity contribution is 5.93. The number of aryl methyl sites for hydroxylation is 1. The lowest BCUT2D eigenvalue weighted by molar-refractivity contribution is -0.137. The van der Waals surface area contributed by atoms with Gasteiger partial charge < -0.3 is 24.8 Å². The third-order valence-corrected chi connectivity index (χ3v) is 4.71. The number of fused-ring (bicyclic) bond motifs is 1. The highest BCUT2D eigenvalue weighted by Gasteiger charge is 2.26. The van der Waals surface area contributed by atoms with Gasteiger partial charge in [0.15, 0.2) is 0 Å². The zero-order valence-electron chi connectivity index (χ0n) is 18.2. The van der Waals surface area contributed by atoms with Crippen molar-refractivity contribution >= 4 is 34.7 Å². The van der Waals surface area contributed by atoms with Gasteiger partial charge in [-0.1, -0.05) is 0 Å². The Bertz CT molecular complexity index is 1000. The molecule has 10 heteroatoms. The summed E-state index contributed by atoms with van der Waals surface area (Å²) < 4.78 is 12.3. The van der Waals surface area contributed by atoms with E-state index in [4.69, 9.17) is 14.6 Å². The molecule has 0 aliphatic carbocycles. The molecular formula is C21H28N4O6. The molecule has 168 valence electrons. The van der Waals surface area contributed by atoms with Crippen LogP contribution in [-0.2, 0) is 25.5 Å². The summed E-state index contributed by atoms with van der Waals surface area (Å²) in [7, 11) is 0. The topological polar surface area (TPSA) is 123 Å². The summed E-state index contributed by atoms with van der Waals surface area (Å²) in [6.07, 6.45) is -0.900. The molecule has 0 saturated carbocycles. The Balaban J connectivity index is 2.05. The molecule has 1 amide bonds. The van der Waals surface area contributed by atoms with Crippen molar-refractivity contribution in [2.75, 3.05) is 37.7 Å². The Labute approximate surface area is 180 Å². The molecule has 0 bridgehead atoms. The molecule has 1 aliphatic heterocycles. The first-order valence-electron chi connectivity index (χ1n) is 10.1. The van der Waals surface area contributed by atoms with Crippen LogP contribution in [0.5, 0.6) is 0 Å². The molecule has 0 atom stereocenters. The number of nitrogens with zero attached hydrogens (tertiary/aromatic N) is 3. The van der Waals surface area contributed by atoms with E-state index < -0.39 is 30.1 Å². The van der Waals surface area contributed by atoms with E-state index in [9.17, 15) is 14.4 Å². The number of ether oxygens (including phenoxy) is 2. The minimum Gasteiger partial charge on any atom is -0.480 e. The summed E-state index contributed by atoms with van der Waals surface area (Å²) in [5.41, 5.74) is 2.17. The van der Waals surface area contributed by atoms with Gasteiger partial charge in [-0.2, -0.15) is 0 Å². The van der Waals surface area contributed by atoms with Gasteiger partial charge in [-0.05, 0) is 45.4 Å². The monoisotopic (exact) mass is 432 g/mol. The number of rotatable bonds is 5. The summed E-state index contributed by atoms with van der Waals surface area (Å²) in [6.45, 7) is 9.37. The maximum Gasteiger partial charge on any atom is 0.420 e. The maximum atomic E-state index is 13.0. The molecule has 3 rings (SSSR count). The first-order chi connectivity index (χ1) is 14.5. The third-order valence-electron chi connectivity index (χ3n) is 4.71. The maximum absolute atomic E-state index is 13.0. The van der Waals surface area contributed by atoms with Gasteiger partial charge >= 0.3 is 12.1 Å². The number of aromatic nitrogens is 2. The molecule has 1 aromatic heterocycles. The van der Waals surface area contributed by atoms with E-state index >= 15 is 0 Å². The number of carboxylic acid groups (broad SMARTS) is 1. The van der Waals surface area contributed by atoms with Gasteiger partial charge in [0.1, 0.15) is 18.0 Å². The number of hydrogen-bond donors (Lipinski definition) is 2. The Morgan fingerprint density at radius 2 is 1.90 bits per heavy atom. The lowest BCUT2D eigenvalue weighted by atomic mass is 10.1. The minimum absolute atomic E-state index is 0.189. The van der Waals surface area contributed by atoms with E-state index in [1.165, 1.54) is 4.57 Å². The van der Waals surface area contributed by atoms with Crippen LogP contribution >= 0.6 is 0 Å². The highest BCUT2D eigenvalue weighted by atomic mass is 16.6. The predicted octanol–water partition coefficient (Wildman–Crippen LogP) is 1.71. The fourth-order valence-electron chi connectivity index (χ4n) is 3.39. The van der Waals surface area contributed by atoms with Crippen molar-refractivity contribution < 1.29 is 29.0 Å². The number of imidazole rings is 1.